The second-order valence-corrected chi connectivity index (χ2v) is 5.13. The highest BCUT2D eigenvalue weighted by molar-refractivity contribution is 5.57. The predicted molar refractivity (Wildman–Crippen MR) is 73.8 cm³/mol. The molecular weight excluding hydrogens is 280 g/mol. The fourth-order valence-electron chi connectivity index (χ4n) is 2.20. The maximum absolute atomic E-state index is 10.8. The second-order valence-electron chi connectivity index (χ2n) is 5.13. The van der Waals surface area contributed by atoms with Crippen molar-refractivity contribution in [3.63, 3.8) is 0 Å². The molecule has 116 valence electrons. The van der Waals surface area contributed by atoms with Gasteiger partial charge in [-0.25, -0.2) is 0 Å². The van der Waals surface area contributed by atoms with Crippen molar-refractivity contribution < 1.29 is 25.0 Å². The summed E-state index contributed by atoms with van der Waals surface area (Å²) in [6, 6.07) is 4.28. The van der Waals surface area contributed by atoms with Gasteiger partial charge in [0.05, 0.1) is 11.0 Å². The molecule has 2 rings (SSSR count). The molecule has 21 heavy (non-hydrogen) atoms. The van der Waals surface area contributed by atoms with Crippen molar-refractivity contribution in [3.05, 3.63) is 33.9 Å². The highest BCUT2D eigenvalue weighted by atomic mass is 16.6. The highest BCUT2D eigenvalue weighted by Crippen LogP contribution is 2.26. The number of nitro groups is 1. The zero-order chi connectivity index (χ0) is 15.7. The first-order valence-electron chi connectivity index (χ1n) is 6.52. The summed E-state index contributed by atoms with van der Waals surface area (Å²) in [5.41, 5.74) is 1.05. The van der Waals surface area contributed by atoms with Crippen LogP contribution in [-0.4, -0.2) is 50.9 Å². The topological polar surface area (TPSA) is 125 Å². The van der Waals surface area contributed by atoms with Crippen molar-refractivity contribution in [2.75, 3.05) is 5.32 Å². The molecule has 1 saturated heterocycles. The Labute approximate surface area is 121 Å². The van der Waals surface area contributed by atoms with Gasteiger partial charge < -0.3 is 25.4 Å². The normalized spacial score (nSPS) is 32.7. The average molecular weight is 298 g/mol. The van der Waals surface area contributed by atoms with E-state index in [4.69, 9.17) is 4.74 Å². The van der Waals surface area contributed by atoms with Crippen molar-refractivity contribution in [2.24, 2.45) is 0 Å². The van der Waals surface area contributed by atoms with Crippen molar-refractivity contribution in [1.82, 2.24) is 0 Å². The Morgan fingerprint density at radius 2 is 1.90 bits per heavy atom. The first-order valence-corrected chi connectivity index (χ1v) is 6.52. The molecule has 0 radical (unpaired) electrons. The molecule has 1 aliphatic heterocycles. The van der Waals surface area contributed by atoms with Gasteiger partial charge in [-0.3, -0.25) is 10.1 Å². The van der Waals surface area contributed by atoms with Crippen LogP contribution in [0.15, 0.2) is 18.2 Å². The summed E-state index contributed by atoms with van der Waals surface area (Å²) in [5, 5.41) is 42.9. The number of aliphatic hydroxyl groups excluding tert-OH is 3. The number of hydrogen-bond donors (Lipinski definition) is 4. The minimum Gasteiger partial charge on any atom is -0.388 e. The van der Waals surface area contributed by atoms with Gasteiger partial charge in [0.1, 0.15) is 18.3 Å². The van der Waals surface area contributed by atoms with Gasteiger partial charge in [-0.2, -0.15) is 0 Å². The number of nitrogens with one attached hydrogen (secondary N) is 1. The lowest BCUT2D eigenvalue weighted by molar-refractivity contribution is -0.384. The smallest absolute Gasteiger partial charge is 0.271 e. The molecule has 0 aromatic heterocycles. The van der Waals surface area contributed by atoms with Gasteiger partial charge in [0.2, 0.25) is 0 Å². The molecule has 0 amide bonds. The Morgan fingerprint density at radius 1 is 1.24 bits per heavy atom. The number of anilines is 1. The van der Waals surface area contributed by atoms with Crippen LogP contribution in [0.4, 0.5) is 11.4 Å². The molecule has 1 aromatic carbocycles. The zero-order valence-electron chi connectivity index (χ0n) is 11.6. The summed E-state index contributed by atoms with van der Waals surface area (Å²) in [6.45, 7) is 3.31. The number of benzene rings is 1. The molecule has 0 saturated carbocycles. The van der Waals surface area contributed by atoms with E-state index in [1.54, 1.807) is 19.9 Å². The Kier molecular flexibility index (Phi) is 4.43. The fourth-order valence-corrected chi connectivity index (χ4v) is 2.20. The standard InChI is InChI=1S/C13H18N2O6/c1-6-3-4-8(15(19)20)5-9(6)14-13-12(18)11(17)10(16)7(2)21-13/h3-5,7,10-14,16-18H,1-2H3/t7-,10+,11+,12+,13-/m1/s1. The lowest BCUT2D eigenvalue weighted by Gasteiger charge is -2.40. The Hall–Kier alpha value is -1.74. The van der Waals surface area contributed by atoms with Crippen LogP contribution in [0.3, 0.4) is 0 Å². The van der Waals surface area contributed by atoms with Gasteiger partial charge >= 0.3 is 0 Å². The van der Waals surface area contributed by atoms with Gasteiger partial charge in [-0.15, -0.1) is 0 Å². The van der Waals surface area contributed by atoms with E-state index in [1.807, 2.05) is 0 Å². The van der Waals surface area contributed by atoms with E-state index in [9.17, 15) is 25.4 Å². The van der Waals surface area contributed by atoms with Crippen molar-refractivity contribution >= 4 is 11.4 Å². The van der Waals surface area contributed by atoms with E-state index in [0.29, 0.717) is 5.69 Å². The minimum absolute atomic E-state index is 0.0953. The third-order valence-corrected chi connectivity index (χ3v) is 3.58. The van der Waals surface area contributed by atoms with E-state index in [2.05, 4.69) is 5.32 Å². The molecule has 1 aromatic rings. The molecular formula is C13H18N2O6. The summed E-state index contributed by atoms with van der Waals surface area (Å²) < 4.78 is 5.40. The quantitative estimate of drug-likeness (QED) is 0.462. The Balaban J connectivity index is 2.21. The highest BCUT2D eigenvalue weighted by Gasteiger charge is 2.41. The van der Waals surface area contributed by atoms with E-state index in [-0.39, 0.29) is 5.69 Å². The van der Waals surface area contributed by atoms with Crippen LogP contribution in [-0.2, 0) is 4.74 Å². The van der Waals surface area contributed by atoms with Gasteiger partial charge in [0.25, 0.3) is 5.69 Å². The van der Waals surface area contributed by atoms with E-state index in [0.717, 1.165) is 5.56 Å². The number of ether oxygens (including phenoxy) is 1. The first kappa shape index (κ1) is 15.6. The molecule has 0 bridgehead atoms. The number of nitro benzene ring substituents is 1. The van der Waals surface area contributed by atoms with Crippen LogP contribution < -0.4 is 5.32 Å². The molecule has 8 heteroatoms. The minimum atomic E-state index is -1.36. The van der Waals surface area contributed by atoms with Gasteiger partial charge in [-0.05, 0) is 19.4 Å². The molecule has 1 aliphatic rings. The Bertz CT molecular complexity index is 537. The van der Waals surface area contributed by atoms with Crippen LogP contribution in [0.1, 0.15) is 12.5 Å². The number of aryl methyl sites for hydroxylation is 1. The summed E-state index contributed by atoms with van der Waals surface area (Å²) in [5.74, 6) is 0. The van der Waals surface area contributed by atoms with Gasteiger partial charge in [0, 0.05) is 17.8 Å². The second kappa shape index (κ2) is 5.94. The molecule has 0 spiro atoms. The number of aliphatic hydroxyl groups is 3. The van der Waals surface area contributed by atoms with Gasteiger partial charge in [-0.1, -0.05) is 6.07 Å². The van der Waals surface area contributed by atoms with Crippen LogP contribution >= 0.6 is 0 Å². The lowest BCUT2D eigenvalue weighted by atomic mass is 9.99. The SMILES string of the molecule is Cc1ccc([N+](=O)[O-])cc1N[C@@H]1O[C@H](C)[C@H](O)[C@H](O)[C@@H]1O. The first-order chi connectivity index (χ1) is 9.81. The van der Waals surface area contributed by atoms with Crippen molar-refractivity contribution in [3.8, 4) is 0 Å². The molecule has 0 aliphatic carbocycles. The summed E-state index contributed by atoms with van der Waals surface area (Å²) >= 11 is 0. The summed E-state index contributed by atoms with van der Waals surface area (Å²) in [7, 11) is 0. The summed E-state index contributed by atoms with van der Waals surface area (Å²) in [6.07, 6.45) is -5.55. The predicted octanol–water partition coefficient (Wildman–Crippen LogP) is 0.143. The molecule has 5 atom stereocenters. The number of rotatable bonds is 3. The number of nitrogens with zero attached hydrogens (tertiary/aromatic N) is 1. The van der Waals surface area contributed by atoms with Crippen LogP contribution in [0.25, 0.3) is 0 Å². The van der Waals surface area contributed by atoms with Gasteiger partial charge in [0.15, 0.2) is 6.23 Å². The number of hydrogen-bond acceptors (Lipinski definition) is 7. The Morgan fingerprint density at radius 3 is 2.52 bits per heavy atom. The molecule has 1 fully saturated rings. The maximum Gasteiger partial charge on any atom is 0.271 e. The molecule has 4 N–H and O–H groups in total. The lowest BCUT2D eigenvalue weighted by Crippen LogP contribution is -2.58. The summed E-state index contributed by atoms with van der Waals surface area (Å²) in [4.78, 5) is 10.3. The molecule has 0 unspecified atom stereocenters. The fraction of sp³-hybridized carbons (Fsp3) is 0.538. The monoisotopic (exact) mass is 298 g/mol. The van der Waals surface area contributed by atoms with Crippen LogP contribution in [0.5, 0.6) is 0 Å². The average Bonchev–Trinajstić information content (AvgIpc) is 2.44. The van der Waals surface area contributed by atoms with Crippen molar-refractivity contribution in [1.29, 1.82) is 0 Å². The van der Waals surface area contributed by atoms with Crippen LogP contribution in [0.2, 0.25) is 0 Å². The maximum atomic E-state index is 10.8. The molecule has 8 nitrogen and oxygen atoms in total. The largest absolute Gasteiger partial charge is 0.388 e. The van der Waals surface area contributed by atoms with Crippen LogP contribution in [0, 0.1) is 17.0 Å². The third-order valence-electron chi connectivity index (χ3n) is 3.58. The van der Waals surface area contributed by atoms with Crippen molar-refractivity contribution in [2.45, 2.75) is 44.5 Å². The molecule has 1 heterocycles. The van der Waals surface area contributed by atoms with E-state index < -0.39 is 35.6 Å². The number of non-ortho nitro benzene ring substituents is 1. The zero-order valence-corrected chi connectivity index (χ0v) is 11.6. The van der Waals surface area contributed by atoms with E-state index >= 15 is 0 Å². The third kappa shape index (κ3) is 3.13. The van der Waals surface area contributed by atoms with E-state index in [1.165, 1.54) is 12.1 Å².